The Morgan fingerprint density at radius 2 is 1.90 bits per heavy atom. The van der Waals surface area contributed by atoms with Crippen LogP contribution in [-0.2, 0) is 14.4 Å². The minimum Gasteiger partial charge on any atom is -0.496 e. The lowest BCUT2D eigenvalue weighted by atomic mass is 10.1. The number of nitrogens with one attached hydrogen (secondary N) is 1. The van der Waals surface area contributed by atoms with Crippen molar-refractivity contribution >= 4 is 40.6 Å². The van der Waals surface area contributed by atoms with Crippen molar-refractivity contribution in [2.75, 3.05) is 13.7 Å². The number of hydrogen-bond acceptors (Lipinski definition) is 8. The molecule has 1 aliphatic heterocycles. The molecule has 3 aliphatic rings. The van der Waals surface area contributed by atoms with Crippen molar-refractivity contribution in [2.45, 2.75) is 122 Å². The van der Waals surface area contributed by atoms with E-state index in [1.54, 1.807) is 30.0 Å². The monoisotopic (exact) mass is 698 g/mol. The van der Waals surface area contributed by atoms with Gasteiger partial charge < -0.3 is 30.6 Å². The predicted molar refractivity (Wildman–Crippen MR) is 193 cm³/mol. The Bertz CT molecular complexity index is 1480. The summed E-state index contributed by atoms with van der Waals surface area (Å²) in [4.78, 5) is 44.4. The van der Waals surface area contributed by atoms with Crippen molar-refractivity contribution < 1.29 is 34.3 Å². The van der Waals surface area contributed by atoms with E-state index in [0.717, 1.165) is 43.1 Å². The van der Waals surface area contributed by atoms with Crippen LogP contribution >= 0.6 is 11.9 Å². The molecule has 0 radical (unpaired) electrons. The maximum absolute atomic E-state index is 13.5. The van der Waals surface area contributed by atoms with Gasteiger partial charge in [-0.1, -0.05) is 32.4 Å². The molecule has 3 fully saturated rings. The zero-order chi connectivity index (χ0) is 35.7. The number of likely N-dealkylation sites (tertiary alicyclic amines) is 1. The molecular weight excluding hydrogens is 643 g/mol. The van der Waals surface area contributed by atoms with Gasteiger partial charge >= 0.3 is 0 Å². The fraction of sp³-hybridized carbons (Fsp3) is 0.622. The minimum absolute atomic E-state index is 0.0893. The van der Waals surface area contributed by atoms with Gasteiger partial charge in [0.1, 0.15) is 23.6 Å². The molecule has 2 aliphatic carbocycles. The normalized spacial score (nSPS) is 22.1. The zero-order valence-electron chi connectivity index (χ0n) is 30.0. The highest BCUT2D eigenvalue weighted by molar-refractivity contribution is 7.98. The maximum Gasteiger partial charge on any atom is 0.281 e. The Hall–Kier alpha value is -3.51. The number of nitrogens with zero attached hydrogens (tertiary/aromatic N) is 2. The van der Waals surface area contributed by atoms with Crippen LogP contribution < -0.4 is 30.4 Å². The molecule has 1 aromatic heterocycles. The highest BCUT2D eigenvalue weighted by atomic mass is 32.2. The van der Waals surface area contributed by atoms with E-state index in [1.165, 1.54) is 12.8 Å². The molecule has 2 heterocycles. The summed E-state index contributed by atoms with van der Waals surface area (Å²) in [5, 5.41) is 1.41. The fourth-order valence-corrected chi connectivity index (χ4v) is 6.95. The number of rotatable bonds is 17. The van der Waals surface area contributed by atoms with Crippen molar-refractivity contribution in [2.24, 2.45) is 17.6 Å². The van der Waals surface area contributed by atoms with Gasteiger partial charge in [-0.25, -0.2) is 4.98 Å². The van der Waals surface area contributed by atoms with Crippen LogP contribution in [0, 0.1) is 18.8 Å². The molecule has 0 spiro atoms. The third-order valence-electron chi connectivity index (χ3n) is 9.05. The number of primary amides is 1. The molecule has 0 bridgehead atoms. The van der Waals surface area contributed by atoms with Crippen molar-refractivity contribution in [1.82, 2.24) is 14.6 Å². The van der Waals surface area contributed by atoms with Gasteiger partial charge in [0.25, 0.3) is 5.91 Å². The van der Waals surface area contributed by atoms with Gasteiger partial charge in [0.05, 0.1) is 25.3 Å². The number of fused-ring (bicyclic) bond motifs is 1. The molecule has 11 nitrogen and oxygen atoms in total. The van der Waals surface area contributed by atoms with Crippen molar-refractivity contribution in [3.63, 3.8) is 0 Å². The zero-order valence-corrected chi connectivity index (χ0v) is 30.9. The molecule has 49 heavy (non-hydrogen) atoms. The second-order valence-corrected chi connectivity index (χ2v) is 14.5. The lowest BCUT2D eigenvalue weighted by molar-refractivity contribution is -0.407. The summed E-state index contributed by atoms with van der Waals surface area (Å²) in [6.45, 7) is 10.0. The molecule has 6 N–H and O–H groups in total. The molecule has 2 aromatic rings. The second-order valence-electron chi connectivity index (χ2n) is 13.4. The van der Waals surface area contributed by atoms with Crippen LogP contribution in [0.4, 0.5) is 0 Å². The molecule has 3 unspecified atom stereocenters. The Morgan fingerprint density at radius 1 is 1.14 bits per heavy atom. The van der Waals surface area contributed by atoms with Crippen molar-refractivity contribution in [3.8, 4) is 17.4 Å². The number of ether oxygens (including phenoxy) is 3. The van der Waals surface area contributed by atoms with E-state index in [4.69, 9.17) is 24.9 Å². The van der Waals surface area contributed by atoms with Gasteiger partial charge in [-0.2, -0.15) is 0 Å². The first-order valence-electron chi connectivity index (χ1n) is 17.9. The number of quaternary nitrogens is 1. The maximum atomic E-state index is 13.5. The third-order valence-corrected chi connectivity index (χ3v) is 10.2. The van der Waals surface area contributed by atoms with E-state index < -0.39 is 24.1 Å². The Balaban J connectivity index is 0.00000265. The molecule has 1 saturated heterocycles. The number of aryl methyl sites for hydroxylation is 1. The average Bonchev–Trinajstić information content (AvgIpc) is 4.01. The first kappa shape index (κ1) is 38.3. The van der Waals surface area contributed by atoms with E-state index in [2.05, 4.69) is 22.6 Å². The molecular formula is C37H56N5O6S+. The highest BCUT2D eigenvalue weighted by Gasteiger charge is 2.43. The van der Waals surface area contributed by atoms with Crippen LogP contribution in [0.2, 0.25) is 0 Å². The number of unbranched alkanes of at least 4 members (excludes halogenated alkanes) is 3. The van der Waals surface area contributed by atoms with Crippen LogP contribution in [0.5, 0.6) is 17.4 Å². The summed E-state index contributed by atoms with van der Waals surface area (Å²) in [7, 11) is 1.62. The van der Waals surface area contributed by atoms with E-state index in [0.29, 0.717) is 46.9 Å². The van der Waals surface area contributed by atoms with Crippen molar-refractivity contribution in [3.05, 3.63) is 35.9 Å². The minimum atomic E-state index is -0.760. The molecule has 1 aromatic carbocycles. The first-order chi connectivity index (χ1) is 23.5. The van der Waals surface area contributed by atoms with Crippen LogP contribution in [0.25, 0.3) is 10.9 Å². The Kier molecular flexibility index (Phi) is 14.0. The number of carbonyl (C=O) groups excluding carboxylic acids is 3. The van der Waals surface area contributed by atoms with Crippen LogP contribution in [0.1, 0.15) is 91.0 Å². The van der Waals surface area contributed by atoms with E-state index in [9.17, 15) is 14.4 Å². The smallest absolute Gasteiger partial charge is 0.281 e. The summed E-state index contributed by atoms with van der Waals surface area (Å²) >= 11 is 1.58. The summed E-state index contributed by atoms with van der Waals surface area (Å²) in [6, 6.07) is 4.28. The average molecular weight is 699 g/mol. The molecule has 2 saturated carbocycles. The molecule has 12 heteroatoms. The summed E-state index contributed by atoms with van der Waals surface area (Å²) in [6.07, 6.45) is 11.9. The van der Waals surface area contributed by atoms with E-state index in [1.807, 2.05) is 46.8 Å². The topological polar surface area (TPSA) is 161 Å². The van der Waals surface area contributed by atoms with Gasteiger partial charge in [-0.15, -0.1) is 0 Å². The molecule has 5 rings (SSSR count). The number of hydrogen-bond donors (Lipinski definition) is 3. The lowest BCUT2D eigenvalue weighted by Gasteiger charge is -2.23. The fourth-order valence-electron chi connectivity index (χ4n) is 6.14. The number of amides is 3. The van der Waals surface area contributed by atoms with Crippen LogP contribution in [-0.4, -0.2) is 70.8 Å². The lowest BCUT2D eigenvalue weighted by Crippen LogP contribution is -2.68. The Labute approximate surface area is 295 Å². The number of aromatic nitrogens is 1. The summed E-state index contributed by atoms with van der Waals surface area (Å²) in [5.41, 5.74) is 11.5. The number of allylic oxidation sites excluding steroid dienone is 2. The number of methoxy groups -OCH3 is 1. The third kappa shape index (κ3) is 10.5. The van der Waals surface area contributed by atoms with E-state index in [-0.39, 0.29) is 30.4 Å². The number of nitrogens with two attached hydrogens (primary N) is 1. The van der Waals surface area contributed by atoms with E-state index >= 15 is 0 Å². The molecule has 3 amide bonds. The summed E-state index contributed by atoms with van der Waals surface area (Å²) in [5.74, 6) is 1.63. The molecule has 5 atom stereocenters. The van der Waals surface area contributed by atoms with Gasteiger partial charge in [0.2, 0.25) is 17.7 Å². The first-order valence-corrected chi connectivity index (χ1v) is 18.8. The summed E-state index contributed by atoms with van der Waals surface area (Å²) < 4.78 is 20.9. The highest BCUT2D eigenvalue weighted by Crippen LogP contribution is 2.41. The second kappa shape index (κ2) is 17.9. The number of carbonyl (C=O) groups is 3. The van der Waals surface area contributed by atoms with Crippen LogP contribution in [0.3, 0.4) is 0 Å². The van der Waals surface area contributed by atoms with Crippen molar-refractivity contribution in [1.29, 1.82) is 0 Å². The van der Waals surface area contributed by atoms with Gasteiger partial charge in [0, 0.05) is 41.0 Å². The SMILES string of the molecule is CC.COc1ccc2c(O[C@@H]3CC(C(N)=O)N(C(=O)[C@@H]([NH3+])CCCCC/C=C\C4CC4C(=O)NSC4CC4)C3)cc(OC(C)C)nc2c1C. The van der Waals surface area contributed by atoms with Gasteiger partial charge in [-0.3, -0.25) is 19.1 Å². The number of benzene rings is 1. The standard InChI is InChI=1S/C35H49N5O6S.C2H6/c1-20(2)45-31-18-30(25-14-15-29(44-4)21(3)32(25)38-31)46-23-17-28(33(37)41)40(19-23)35(43)27(36)11-9-7-5-6-8-10-22-16-26(22)34(42)39-47-24-12-13-24;1-2/h8,10,14-15,18,20,22-24,26-28H,5-7,9,11-13,16-17,19,36H2,1-4H3,(H2,37,41)(H,39,42);1-2H3/p+1/b10-8-;/t22?,23-,26?,27+,28?;/m1./s1. The Morgan fingerprint density at radius 3 is 2.57 bits per heavy atom. The predicted octanol–water partition coefficient (Wildman–Crippen LogP) is 4.88. The molecule has 270 valence electrons. The van der Waals surface area contributed by atoms with Crippen LogP contribution in [0.15, 0.2) is 30.4 Å². The largest absolute Gasteiger partial charge is 0.496 e. The van der Waals surface area contributed by atoms with Gasteiger partial charge in [-0.05, 0) is 89.3 Å². The number of pyridine rings is 1. The van der Waals surface area contributed by atoms with Gasteiger partial charge in [0.15, 0.2) is 6.04 Å². The quantitative estimate of drug-likeness (QED) is 0.120.